The minimum absolute atomic E-state index is 0.0495. The van der Waals surface area contributed by atoms with Crippen molar-refractivity contribution in [1.29, 1.82) is 0 Å². The van der Waals surface area contributed by atoms with E-state index >= 15 is 0 Å². The first-order chi connectivity index (χ1) is 12.5. The Hall–Kier alpha value is -2.68. The Labute approximate surface area is 157 Å². The summed E-state index contributed by atoms with van der Waals surface area (Å²) >= 11 is 0. The molecule has 0 radical (unpaired) electrons. The van der Waals surface area contributed by atoms with Crippen LogP contribution in [0.2, 0.25) is 0 Å². The van der Waals surface area contributed by atoms with Gasteiger partial charge in [-0.15, -0.1) is 0 Å². The van der Waals surface area contributed by atoms with Crippen LogP contribution in [0, 0.1) is 0 Å². The molecule has 0 aliphatic rings. The molecule has 1 atom stereocenters. The van der Waals surface area contributed by atoms with Gasteiger partial charge in [0.25, 0.3) is 5.56 Å². The predicted molar refractivity (Wildman–Crippen MR) is 102 cm³/mol. The summed E-state index contributed by atoms with van der Waals surface area (Å²) in [5, 5.41) is -1.30. The van der Waals surface area contributed by atoms with E-state index in [1.54, 1.807) is 0 Å². The van der Waals surface area contributed by atoms with Gasteiger partial charge >= 0.3 is 5.69 Å². The molecule has 1 aromatic heterocycles. The molecule has 0 N–H and O–H groups in total. The van der Waals surface area contributed by atoms with Gasteiger partial charge in [-0.25, -0.2) is 13.2 Å². The van der Waals surface area contributed by atoms with E-state index in [1.807, 2.05) is 30.3 Å². The molecule has 8 nitrogen and oxygen atoms in total. The van der Waals surface area contributed by atoms with Gasteiger partial charge < -0.3 is 4.90 Å². The number of carbonyl (C=O) groups excluding carboxylic acids is 1. The van der Waals surface area contributed by atoms with Gasteiger partial charge in [0.15, 0.2) is 9.84 Å². The van der Waals surface area contributed by atoms with Crippen LogP contribution in [-0.2, 0) is 41.0 Å². The van der Waals surface area contributed by atoms with Crippen molar-refractivity contribution in [3.05, 3.63) is 68.5 Å². The summed E-state index contributed by atoms with van der Waals surface area (Å²) in [7, 11) is 0.322. The molecule has 9 heteroatoms. The van der Waals surface area contributed by atoms with E-state index in [0.29, 0.717) is 0 Å². The Balaban J connectivity index is 2.22. The lowest BCUT2D eigenvalue weighted by atomic mass is 10.2. The number of hydrogen-bond acceptors (Lipinski definition) is 5. The molecule has 0 unspecified atom stereocenters. The van der Waals surface area contributed by atoms with Crippen LogP contribution in [0.15, 0.2) is 46.0 Å². The largest absolute Gasteiger partial charge is 0.340 e. The van der Waals surface area contributed by atoms with E-state index in [1.165, 1.54) is 33.0 Å². The highest BCUT2D eigenvalue weighted by Crippen LogP contribution is 2.13. The Bertz CT molecular complexity index is 1050. The second-order valence-electron chi connectivity index (χ2n) is 6.50. The van der Waals surface area contributed by atoms with E-state index in [9.17, 15) is 22.8 Å². The number of carbonyl (C=O) groups is 1. The highest BCUT2D eigenvalue weighted by molar-refractivity contribution is 7.92. The molecule has 0 spiro atoms. The van der Waals surface area contributed by atoms with E-state index in [2.05, 4.69) is 0 Å². The van der Waals surface area contributed by atoms with Crippen LogP contribution in [0.1, 0.15) is 18.2 Å². The van der Waals surface area contributed by atoms with Crippen LogP contribution in [-0.4, -0.2) is 40.7 Å². The molecule has 1 aromatic carbocycles. The summed E-state index contributed by atoms with van der Waals surface area (Å²) in [4.78, 5) is 37.7. The van der Waals surface area contributed by atoms with Gasteiger partial charge in [-0.05, 0) is 12.5 Å². The zero-order chi connectivity index (χ0) is 20.4. The molecule has 146 valence electrons. The third-order valence-corrected chi connectivity index (χ3v) is 6.48. The molecule has 0 saturated carbocycles. The van der Waals surface area contributed by atoms with Gasteiger partial charge in [0.05, 0.1) is 5.75 Å². The zero-order valence-electron chi connectivity index (χ0n) is 15.7. The lowest BCUT2D eigenvalue weighted by Crippen LogP contribution is -2.41. The van der Waals surface area contributed by atoms with Crippen LogP contribution in [0.5, 0.6) is 0 Å². The molecule has 0 aliphatic heterocycles. The van der Waals surface area contributed by atoms with Crippen molar-refractivity contribution in [3.63, 3.8) is 0 Å². The van der Waals surface area contributed by atoms with Crippen molar-refractivity contribution in [3.8, 4) is 0 Å². The first kappa shape index (κ1) is 20.6. The number of aromatic nitrogens is 2. The van der Waals surface area contributed by atoms with Crippen molar-refractivity contribution in [2.24, 2.45) is 14.1 Å². The SMILES string of the molecule is C[C@@H](C(=O)N(C)Cc1ccccc1)S(=O)(=O)Cc1cc(=O)n(C)c(=O)n1C. The monoisotopic (exact) mass is 393 g/mol. The van der Waals surface area contributed by atoms with E-state index in [0.717, 1.165) is 20.8 Å². The van der Waals surface area contributed by atoms with Gasteiger partial charge in [-0.3, -0.25) is 18.7 Å². The van der Waals surface area contributed by atoms with E-state index in [4.69, 9.17) is 0 Å². The summed E-state index contributed by atoms with van der Waals surface area (Å²) in [6.45, 7) is 1.60. The fourth-order valence-electron chi connectivity index (χ4n) is 2.65. The summed E-state index contributed by atoms with van der Waals surface area (Å²) in [5.74, 6) is -1.12. The Kier molecular flexibility index (Phi) is 6.04. The molecule has 1 heterocycles. The van der Waals surface area contributed by atoms with Crippen LogP contribution in [0.25, 0.3) is 0 Å². The molecule has 0 saturated heterocycles. The topological polar surface area (TPSA) is 98.5 Å². The van der Waals surface area contributed by atoms with Crippen molar-refractivity contribution >= 4 is 15.7 Å². The molecular formula is C18H23N3O5S. The first-order valence-corrected chi connectivity index (χ1v) is 10.0. The quantitative estimate of drug-likeness (QED) is 0.690. The normalized spacial score (nSPS) is 12.6. The van der Waals surface area contributed by atoms with Crippen LogP contribution in [0.4, 0.5) is 0 Å². The average Bonchev–Trinajstić information content (AvgIpc) is 2.63. The lowest BCUT2D eigenvalue weighted by molar-refractivity contribution is -0.129. The molecule has 2 rings (SSSR count). The fraction of sp³-hybridized carbons (Fsp3) is 0.389. The summed E-state index contributed by atoms with van der Waals surface area (Å²) in [6, 6.07) is 10.3. The number of rotatable bonds is 6. The van der Waals surface area contributed by atoms with Crippen molar-refractivity contribution in [2.45, 2.75) is 24.5 Å². The Morgan fingerprint density at radius 1 is 1.11 bits per heavy atom. The summed E-state index contributed by atoms with van der Waals surface area (Å²) < 4.78 is 27.4. The van der Waals surface area contributed by atoms with Crippen LogP contribution < -0.4 is 11.2 Å². The van der Waals surface area contributed by atoms with Crippen LogP contribution >= 0.6 is 0 Å². The standard InChI is InChI=1S/C18H23N3O5S/c1-13(17(23)19(2)11-14-8-6-5-7-9-14)27(25,26)12-15-10-16(22)21(4)18(24)20(15)3/h5-10,13H,11-12H2,1-4H3/t13-/m0/s1. The molecular weight excluding hydrogens is 370 g/mol. The predicted octanol–water partition coefficient (Wildman–Crippen LogP) is 0.0459. The first-order valence-electron chi connectivity index (χ1n) is 8.31. The molecule has 1 amide bonds. The van der Waals surface area contributed by atoms with Gasteiger partial charge in [-0.1, -0.05) is 30.3 Å². The Morgan fingerprint density at radius 3 is 2.30 bits per heavy atom. The maximum atomic E-state index is 12.7. The van der Waals surface area contributed by atoms with Gasteiger partial charge in [-0.2, -0.15) is 0 Å². The molecule has 2 aromatic rings. The Morgan fingerprint density at radius 2 is 1.70 bits per heavy atom. The maximum absolute atomic E-state index is 12.7. The molecule has 0 fully saturated rings. The minimum atomic E-state index is -3.92. The fourth-order valence-corrected chi connectivity index (χ4v) is 4.07. The van der Waals surface area contributed by atoms with E-state index < -0.39 is 38.0 Å². The molecule has 0 aliphatic carbocycles. The molecule has 0 bridgehead atoms. The maximum Gasteiger partial charge on any atom is 0.330 e. The van der Waals surface area contributed by atoms with E-state index in [-0.39, 0.29) is 12.2 Å². The number of benzene rings is 1. The number of sulfone groups is 1. The average molecular weight is 393 g/mol. The highest BCUT2D eigenvalue weighted by atomic mass is 32.2. The van der Waals surface area contributed by atoms with Gasteiger partial charge in [0.2, 0.25) is 5.91 Å². The highest BCUT2D eigenvalue weighted by Gasteiger charge is 2.31. The summed E-state index contributed by atoms with van der Waals surface area (Å²) in [6.07, 6.45) is 0. The lowest BCUT2D eigenvalue weighted by Gasteiger charge is -2.22. The second kappa shape index (κ2) is 7.91. The van der Waals surface area contributed by atoms with Gasteiger partial charge in [0, 0.05) is 39.4 Å². The minimum Gasteiger partial charge on any atom is -0.340 e. The summed E-state index contributed by atoms with van der Waals surface area (Å²) in [5.41, 5.74) is -0.281. The van der Waals surface area contributed by atoms with Crippen molar-refractivity contribution in [2.75, 3.05) is 7.05 Å². The smallest absolute Gasteiger partial charge is 0.330 e. The van der Waals surface area contributed by atoms with Crippen molar-refractivity contribution < 1.29 is 13.2 Å². The third kappa shape index (κ3) is 4.54. The number of amides is 1. The number of hydrogen-bond donors (Lipinski definition) is 0. The van der Waals surface area contributed by atoms with Crippen molar-refractivity contribution in [1.82, 2.24) is 14.0 Å². The van der Waals surface area contributed by atoms with Gasteiger partial charge in [0.1, 0.15) is 5.25 Å². The van der Waals surface area contributed by atoms with Crippen LogP contribution in [0.3, 0.4) is 0 Å². The second-order valence-corrected chi connectivity index (χ2v) is 8.83. The zero-order valence-corrected chi connectivity index (χ0v) is 16.6. The molecule has 27 heavy (non-hydrogen) atoms. The number of nitrogens with zero attached hydrogens (tertiary/aromatic N) is 3. The third-order valence-electron chi connectivity index (χ3n) is 4.50.